The van der Waals surface area contributed by atoms with E-state index in [1.807, 2.05) is 0 Å². The minimum absolute atomic E-state index is 0.0312. The van der Waals surface area contributed by atoms with E-state index in [2.05, 4.69) is 15.0 Å². The average molecular weight is 254 g/mol. The molecule has 7 N–H and O–H groups in total. The summed E-state index contributed by atoms with van der Waals surface area (Å²) < 4.78 is 1.47. The molecule has 9 heteroatoms. The first-order chi connectivity index (χ1) is 8.52. The Hall–Kier alpha value is -2.13. The number of nitrogens with zero attached hydrogens (tertiary/aromatic N) is 3. The fourth-order valence-corrected chi connectivity index (χ4v) is 1.63. The Bertz CT molecular complexity index is 619. The Morgan fingerprint density at radius 1 is 1.39 bits per heavy atom. The van der Waals surface area contributed by atoms with Crippen LogP contribution in [0.2, 0.25) is 0 Å². The van der Waals surface area contributed by atoms with Gasteiger partial charge in [-0.2, -0.15) is 4.98 Å². The third-order valence-corrected chi connectivity index (χ3v) is 2.55. The summed E-state index contributed by atoms with van der Waals surface area (Å²) in [6, 6.07) is 0. The van der Waals surface area contributed by atoms with Crippen LogP contribution in [0.4, 0.5) is 11.9 Å². The Balaban J connectivity index is 2.43. The lowest BCUT2D eigenvalue weighted by atomic mass is 10.2. The van der Waals surface area contributed by atoms with Crippen molar-refractivity contribution < 1.29 is 10.2 Å². The molecule has 0 amide bonds. The van der Waals surface area contributed by atoms with Gasteiger partial charge >= 0.3 is 0 Å². The number of aryl methyl sites for hydroxylation is 1. The second-order valence-electron chi connectivity index (χ2n) is 3.87. The van der Waals surface area contributed by atoms with Crippen molar-refractivity contribution in [3.05, 3.63) is 10.4 Å². The van der Waals surface area contributed by atoms with Gasteiger partial charge in [-0.15, -0.1) is 0 Å². The molecule has 2 rings (SSSR count). The van der Waals surface area contributed by atoms with Gasteiger partial charge in [0, 0.05) is 6.54 Å². The molecule has 0 aromatic carbocycles. The van der Waals surface area contributed by atoms with Crippen LogP contribution in [-0.4, -0.2) is 42.4 Å². The molecule has 0 aliphatic carbocycles. The minimum atomic E-state index is -0.860. The summed E-state index contributed by atoms with van der Waals surface area (Å²) in [6.07, 6.45) is -0.596. The molecule has 0 radical (unpaired) electrons. The highest BCUT2D eigenvalue weighted by Gasteiger charge is 2.14. The van der Waals surface area contributed by atoms with Gasteiger partial charge in [0.1, 0.15) is 0 Å². The van der Waals surface area contributed by atoms with E-state index < -0.39 is 11.7 Å². The molecule has 2 heterocycles. The first kappa shape index (κ1) is 12.3. The van der Waals surface area contributed by atoms with Gasteiger partial charge < -0.3 is 21.7 Å². The number of aromatic amines is 1. The zero-order chi connectivity index (χ0) is 13.3. The molecule has 2 aromatic heterocycles. The molecule has 0 saturated heterocycles. The van der Waals surface area contributed by atoms with E-state index in [0.717, 1.165) is 0 Å². The number of H-pyrrole nitrogens is 1. The molecular weight excluding hydrogens is 240 g/mol. The highest BCUT2D eigenvalue weighted by Crippen LogP contribution is 2.14. The number of aliphatic hydroxyl groups is 2. The van der Waals surface area contributed by atoms with Gasteiger partial charge in [-0.05, 0) is 6.42 Å². The summed E-state index contributed by atoms with van der Waals surface area (Å²) >= 11 is 0. The average Bonchev–Trinajstić information content (AvgIpc) is 2.63. The van der Waals surface area contributed by atoms with Gasteiger partial charge in [-0.3, -0.25) is 14.3 Å². The molecule has 0 spiro atoms. The Labute approximate surface area is 101 Å². The number of anilines is 2. The van der Waals surface area contributed by atoms with Crippen molar-refractivity contribution in [3.8, 4) is 0 Å². The van der Waals surface area contributed by atoms with Crippen LogP contribution in [0.1, 0.15) is 6.42 Å². The van der Waals surface area contributed by atoms with Crippen molar-refractivity contribution in [1.29, 1.82) is 0 Å². The van der Waals surface area contributed by atoms with E-state index in [-0.39, 0.29) is 42.6 Å². The lowest BCUT2D eigenvalue weighted by Gasteiger charge is -2.09. The van der Waals surface area contributed by atoms with Crippen LogP contribution in [0.15, 0.2) is 4.79 Å². The quantitative estimate of drug-likeness (QED) is 0.423. The summed E-state index contributed by atoms with van der Waals surface area (Å²) in [4.78, 5) is 21.7. The normalized spacial score (nSPS) is 13.0. The minimum Gasteiger partial charge on any atom is -0.394 e. The molecular formula is C9H14N6O3. The topological polar surface area (TPSA) is 156 Å². The maximum atomic E-state index is 11.6. The molecule has 2 aromatic rings. The summed E-state index contributed by atoms with van der Waals surface area (Å²) in [5, 5.41) is 18.0. The van der Waals surface area contributed by atoms with E-state index in [4.69, 9.17) is 16.6 Å². The van der Waals surface area contributed by atoms with Crippen molar-refractivity contribution >= 4 is 23.1 Å². The lowest BCUT2D eigenvalue weighted by molar-refractivity contribution is 0.0850. The molecule has 0 aliphatic rings. The largest absolute Gasteiger partial charge is 0.394 e. The maximum absolute atomic E-state index is 11.6. The van der Waals surface area contributed by atoms with E-state index >= 15 is 0 Å². The number of hydrogen-bond acceptors (Lipinski definition) is 7. The van der Waals surface area contributed by atoms with Crippen molar-refractivity contribution in [2.75, 3.05) is 18.1 Å². The Morgan fingerprint density at radius 3 is 2.78 bits per heavy atom. The summed E-state index contributed by atoms with van der Waals surface area (Å²) in [5.41, 5.74) is 11.0. The first-order valence-corrected chi connectivity index (χ1v) is 5.33. The summed E-state index contributed by atoms with van der Waals surface area (Å²) in [7, 11) is 0. The monoisotopic (exact) mass is 254 g/mol. The van der Waals surface area contributed by atoms with Crippen molar-refractivity contribution in [2.45, 2.75) is 19.1 Å². The number of imidazole rings is 1. The van der Waals surface area contributed by atoms with Crippen molar-refractivity contribution in [2.24, 2.45) is 0 Å². The molecule has 0 unspecified atom stereocenters. The number of nitrogens with two attached hydrogens (primary N) is 2. The SMILES string of the molecule is Nc1nc2c(nc(N)n2CC[C@@H](O)CO)c(=O)[nH]1. The molecule has 18 heavy (non-hydrogen) atoms. The van der Waals surface area contributed by atoms with E-state index in [9.17, 15) is 9.90 Å². The molecule has 0 bridgehead atoms. The Kier molecular flexibility index (Phi) is 3.17. The number of nitrogens with one attached hydrogen (secondary N) is 1. The number of rotatable bonds is 4. The smallest absolute Gasteiger partial charge is 0.280 e. The first-order valence-electron chi connectivity index (χ1n) is 5.33. The van der Waals surface area contributed by atoms with E-state index in [1.54, 1.807) is 0 Å². The number of fused-ring (bicyclic) bond motifs is 1. The van der Waals surface area contributed by atoms with Crippen molar-refractivity contribution in [3.63, 3.8) is 0 Å². The van der Waals surface area contributed by atoms with Crippen LogP contribution in [0, 0.1) is 0 Å². The second-order valence-corrected chi connectivity index (χ2v) is 3.87. The number of aliphatic hydroxyl groups excluding tert-OH is 2. The predicted octanol–water partition coefficient (Wildman–Crippen LogP) is -1.97. The third-order valence-electron chi connectivity index (χ3n) is 2.55. The lowest BCUT2D eigenvalue weighted by Crippen LogP contribution is -2.17. The highest BCUT2D eigenvalue weighted by molar-refractivity contribution is 5.73. The number of nitrogen functional groups attached to an aromatic ring is 2. The van der Waals surface area contributed by atoms with Crippen LogP contribution >= 0.6 is 0 Å². The third kappa shape index (κ3) is 2.13. The Morgan fingerprint density at radius 2 is 2.11 bits per heavy atom. The number of aromatic nitrogens is 4. The molecule has 1 atom stereocenters. The molecule has 98 valence electrons. The van der Waals surface area contributed by atoms with E-state index in [1.165, 1.54) is 4.57 Å². The van der Waals surface area contributed by atoms with Crippen LogP contribution in [0.3, 0.4) is 0 Å². The second kappa shape index (κ2) is 4.63. The van der Waals surface area contributed by atoms with Gasteiger partial charge in [0.05, 0.1) is 12.7 Å². The zero-order valence-corrected chi connectivity index (χ0v) is 9.50. The van der Waals surface area contributed by atoms with Crippen LogP contribution in [-0.2, 0) is 6.54 Å². The predicted molar refractivity (Wildman–Crippen MR) is 64.7 cm³/mol. The van der Waals surface area contributed by atoms with Gasteiger partial charge in [-0.1, -0.05) is 0 Å². The summed E-state index contributed by atoms with van der Waals surface area (Å²) in [6.45, 7) is -0.0668. The van der Waals surface area contributed by atoms with Gasteiger partial charge in [0.2, 0.25) is 11.9 Å². The van der Waals surface area contributed by atoms with E-state index in [0.29, 0.717) is 0 Å². The van der Waals surface area contributed by atoms with Crippen LogP contribution < -0.4 is 17.0 Å². The zero-order valence-electron chi connectivity index (χ0n) is 9.50. The van der Waals surface area contributed by atoms with Gasteiger partial charge in [0.25, 0.3) is 5.56 Å². The molecule has 0 aliphatic heterocycles. The molecule has 9 nitrogen and oxygen atoms in total. The van der Waals surface area contributed by atoms with Crippen LogP contribution in [0.5, 0.6) is 0 Å². The van der Waals surface area contributed by atoms with Gasteiger partial charge in [-0.25, -0.2) is 4.98 Å². The van der Waals surface area contributed by atoms with Crippen molar-refractivity contribution in [1.82, 2.24) is 19.5 Å². The summed E-state index contributed by atoms with van der Waals surface area (Å²) in [5.74, 6) is 0.0788. The van der Waals surface area contributed by atoms with Crippen LogP contribution in [0.25, 0.3) is 11.2 Å². The highest BCUT2D eigenvalue weighted by atomic mass is 16.3. The standard InChI is InChI=1S/C9H14N6O3/c10-8-13-6-5(7(18)14-8)12-9(11)15(6)2-1-4(17)3-16/h4,16-17H,1-3H2,(H2,11,12)(H3,10,13,14,18)/t4-/m1/s1. The number of hydrogen-bond donors (Lipinski definition) is 5. The maximum Gasteiger partial charge on any atom is 0.280 e. The molecule has 0 saturated carbocycles. The fourth-order valence-electron chi connectivity index (χ4n) is 1.63. The fraction of sp³-hybridized carbons (Fsp3) is 0.444. The van der Waals surface area contributed by atoms with Gasteiger partial charge in [0.15, 0.2) is 11.2 Å². The molecule has 0 fully saturated rings.